The minimum Gasteiger partial charge on any atom is -0.278 e. The van der Waals surface area contributed by atoms with E-state index in [0.717, 1.165) is 98.2 Å². The van der Waals surface area contributed by atoms with E-state index in [4.69, 9.17) is 39.9 Å². The van der Waals surface area contributed by atoms with Crippen LogP contribution in [0.25, 0.3) is 75.4 Å². The molecule has 8 heterocycles. The molecular weight excluding hydrogens is 1030 g/mol. The molecule has 8 aromatic carbocycles. The first-order chi connectivity index (χ1) is 41.7. The molecule has 0 spiro atoms. The third-order valence-corrected chi connectivity index (χ3v) is 15.7. The lowest BCUT2D eigenvalue weighted by molar-refractivity contribution is 1.13. The van der Waals surface area contributed by atoms with Gasteiger partial charge in [-0.05, 0) is 106 Å². The minimum absolute atomic E-state index is 0.683. The van der Waals surface area contributed by atoms with E-state index in [2.05, 4.69) is 177 Å². The van der Waals surface area contributed by atoms with Crippen LogP contribution in [0.2, 0.25) is 0 Å². The number of hydrogen-bond donors (Lipinski definition) is 0. The van der Waals surface area contributed by atoms with E-state index in [1.54, 1.807) is 0 Å². The van der Waals surface area contributed by atoms with Gasteiger partial charge in [-0.15, -0.1) is 0 Å². The van der Waals surface area contributed by atoms with E-state index < -0.39 is 0 Å². The maximum atomic E-state index is 5.27. The van der Waals surface area contributed by atoms with Crippen LogP contribution in [0.4, 0.5) is 69.3 Å². The number of fused-ring (bicyclic) bond motifs is 4. The molecule has 0 saturated carbocycles. The van der Waals surface area contributed by atoms with E-state index in [1.807, 2.05) is 122 Å². The van der Waals surface area contributed by atoms with Crippen LogP contribution < -0.4 is 19.6 Å². The van der Waals surface area contributed by atoms with Crippen LogP contribution in [0.1, 0.15) is 0 Å². The molecule has 16 rings (SSSR count). The molecule has 0 N–H and O–H groups in total. The van der Waals surface area contributed by atoms with Crippen molar-refractivity contribution in [3.8, 4) is 0 Å². The zero-order valence-corrected chi connectivity index (χ0v) is 44.9. The van der Waals surface area contributed by atoms with Crippen molar-refractivity contribution in [3.63, 3.8) is 0 Å². The van der Waals surface area contributed by atoms with Gasteiger partial charge in [-0.1, -0.05) is 146 Å². The van der Waals surface area contributed by atoms with Gasteiger partial charge in [0.1, 0.15) is 46.5 Å². The summed E-state index contributed by atoms with van der Waals surface area (Å²) >= 11 is 0. The second-order valence-electron chi connectivity index (χ2n) is 20.4. The highest BCUT2D eigenvalue weighted by Crippen LogP contribution is 2.55. The van der Waals surface area contributed by atoms with Crippen LogP contribution in [-0.4, -0.2) is 39.9 Å². The van der Waals surface area contributed by atoms with Gasteiger partial charge in [0.25, 0.3) is 0 Å². The van der Waals surface area contributed by atoms with E-state index in [1.165, 1.54) is 0 Å². The lowest BCUT2D eigenvalue weighted by Gasteiger charge is -2.33. The second kappa shape index (κ2) is 20.1. The monoisotopic (exact) mass is 1080 g/mol. The topological polar surface area (TPSA) is 116 Å². The van der Waals surface area contributed by atoms with Gasteiger partial charge in [-0.25, -0.2) is 39.9 Å². The summed E-state index contributed by atoms with van der Waals surface area (Å²) in [6, 6.07) is 79.4. The third-order valence-electron chi connectivity index (χ3n) is 15.7. The lowest BCUT2D eigenvalue weighted by Crippen LogP contribution is -2.18. The van der Waals surface area contributed by atoms with E-state index >= 15 is 0 Å². The van der Waals surface area contributed by atoms with Crippen molar-refractivity contribution in [2.45, 2.75) is 0 Å². The highest BCUT2D eigenvalue weighted by atomic mass is 15.3. The van der Waals surface area contributed by atoms with Crippen LogP contribution in [0.15, 0.2) is 280 Å². The molecule has 84 heavy (non-hydrogen) atoms. The van der Waals surface area contributed by atoms with Gasteiger partial charge in [0, 0.05) is 103 Å². The Kier molecular flexibility index (Phi) is 11.5. The maximum absolute atomic E-state index is 5.27. The van der Waals surface area contributed by atoms with Gasteiger partial charge in [0.15, 0.2) is 0 Å². The summed E-state index contributed by atoms with van der Waals surface area (Å²) in [5.74, 6) is 5.60. The maximum Gasteiger partial charge on any atom is 0.146 e. The standard InChI is InChI=1S/C72H46N12/c1-5-21-51-47(17-1)33-41-77-69(51)81(63-25-9-13-37-73-63)59-45-60(82(64-26-10-14-38-74-64)70-52-22-6-2-18-48(52)34-42-78-70)56-31-32-58-62(84(66-28-12-16-40-76-66)72-54-24-8-4-20-50(54)36-44-80-72)46-61(57-30-29-55(59)67(56)68(57)58)83(65-27-11-15-39-75-65)71-53-23-7-3-19-49(53)35-43-79-71/h1-46H. The first kappa shape index (κ1) is 48.2. The first-order valence-corrected chi connectivity index (χ1v) is 27.7. The van der Waals surface area contributed by atoms with Gasteiger partial charge in [0.05, 0.1) is 22.7 Å². The Morgan fingerprint density at radius 3 is 0.667 bits per heavy atom. The fraction of sp³-hybridized carbons (Fsp3) is 0. The number of nitrogens with zero attached hydrogens (tertiary/aromatic N) is 12. The second-order valence-corrected chi connectivity index (χ2v) is 20.4. The highest BCUT2D eigenvalue weighted by molar-refractivity contribution is 6.33. The first-order valence-electron chi connectivity index (χ1n) is 27.7. The molecule has 0 amide bonds. The third kappa shape index (κ3) is 7.92. The van der Waals surface area contributed by atoms with Crippen LogP contribution in [0.3, 0.4) is 0 Å². The quantitative estimate of drug-likeness (QED) is 0.108. The Bertz CT molecular complexity index is 4470. The normalized spacial score (nSPS) is 11.6. The molecule has 0 aliphatic carbocycles. The molecule has 0 saturated heterocycles. The van der Waals surface area contributed by atoms with E-state index in [0.29, 0.717) is 46.5 Å². The molecular formula is C72H46N12. The fourth-order valence-electron chi connectivity index (χ4n) is 12.1. The van der Waals surface area contributed by atoms with Gasteiger partial charge in [-0.2, -0.15) is 0 Å². The summed E-state index contributed by atoms with van der Waals surface area (Å²) in [6.07, 6.45) is 14.9. The predicted octanol–water partition coefficient (Wildman–Crippen LogP) is 18.2. The minimum atomic E-state index is 0.683. The van der Waals surface area contributed by atoms with Crippen LogP contribution in [0.5, 0.6) is 0 Å². The summed E-state index contributed by atoms with van der Waals surface area (Å²) in [5.41, 5.74) is 3.32. The van der Waals surface area contributed by atoms with Gasteiger partial charge in [0.2, 0.25) is 0 Å². The van der Waals surface area contributed by atoms with Crippen molar-refractivity contribution in [1.29, 1.82) is 0 Å². The van der Waals surface area contributed by atoms with Gasteiger partial charge in [-0.3, -0.25) is 19.6 Å². The van der Waals surface area contributed by atoms with Gasteiger partial charge < -0.3 is 0 Å². The summed E-state index contributed by atoms with van der Waals surface area (Å²) in [7, 11) is 0. The summed E-state index contributed by atoms with van der Waals surface area (Å²) < 4.78 is 0. The molecule has 0 aliphatic heterocycles. The van der Waals surface area contributed by atoms with Crippen molar-refractivity contribution in [2.75, 3.05) is 19.6 Å². The number of hydrogen-bond acceptors (Lipinski definition) is 12. The largest absolute Gasteiger partial charge is 0.278 e. The molecule has 0 radical (unpaired) electrons. The highest BCUT2D eigenvalue weighted by Gasteiger charge is 2.32. The Morgan fingerprint density at radius 2 is 0.429 bits per heavy atom. The zero-order chi connectivity index (χ0) is 55.5. The zero-order valence-electron chi connectivity index (χ0n) is 44.9. The molecule has 12 heteroatoms. The Morgan fingerprint density at radius 1 is 0.190 bits per heavy atom. The number of anilines is 12. The van der Waals surface area contributed by atoms with Crippen LogP contribution >= 0.6 is 0 Å². The molecule has 0 atom stereocenters. The van der Waals surface area contributed by atoms with Crippen molar-refractivity contribution in [3.05, 3.63) is 280 Å². The molecule has 12 nitrogen and oxygen atoms in total. The average Bonchev–Trinajstić information content (AvgIpc) is 1.02. The van der Waals surface area contributed by atoms with E-state index in [9.17, 15) is 0 Å². The molecule has 0 aliphatic rings. The predicted molar refractivity (Wildman–Crippen MR) is 341 cm³/mol. The molecule has 0 fully saturated rings. The Hall–Kier alpha value is -11.8. The number of aromatic nitrogens is 8. The van der Waals surface area contributed by atoms with Crippen molar-refractivity contribution < 1.29 is 0 Å². The summed E-state index contributed by atoms with van der Waals surface area (Å²) in [4.78, 5) is 50.4. The number of pyridine rings is 8. The lowest BCUT2D eigenvalue weighted by atomic mass is 9.89. The number of benzene rings is 8. The van der Waals surface area contributed by atoms with Crippen LogP contribution in [-0.2, 0) is 0 Å². The van der Waals surface area contributed by atoms with Crippen LogP contribution in [0, 0.1) is 0 Å². The smallest absolute Gasteiger partial charge is 0.146 e. The summed E-state index contributed by atoms with van der Waals surface area (Å²) in [6.45, 7) is 0. The van der Waals surface area contributed by atoms with Crippen molar-refractivity contribution in [1.82, 2.24) is 39.9 Å². The SMILES string of the molecule is c1ccc(N(c2nccc3ccccc23)c2cc(N(c3ccccn3)c3nccc4ccccc34)c3ccc4c(N(c5ccccn5)c5nccc6ccccc56)cc(N(c5ccccn5)c5nccc6ccccc56)c5ccc2c3c54)nc1. The molecule has 394 valence electrons. The molecule has 0 unspecified atom stereocenters. The summed E-state index contributed by atoms with van der Waals surface area (Å²) in [5, 5.41) is 13.7. The molecule has 8 aromatic heterocycles. The number of rotatable bonds is 12. The average molecular weight is 1080 g/mol. The van der Waals surface area contributed by atoms with Crippen molar-refractivity contribution in [2.24, 2.45) is 0 Å². The Balaban J connectivity index is 1.12. The van der Waals surface area contributed by atoms with E-state index in [-0.39, 0.29) is 0 Å². The van der Waals surface area contributed by atoms with Gasteiger partial charge >= 0.3 is 0 Å². The Labute approximate surface area is 481 Å². The fourth-order valence-corrected chi connectivity index (χ4v) is 12.1. The van der Waals surface area contributed by atoms with Crippen molar-refractivity contribution >= 4 is 145 Å². The molecule has 16 aromatic rings. The molecule has 0 bridgehead atoms.